The largest absolute Gasteiger partial charge is 0.398 e. The molecule has 13 heavy (non-hydrogen) atoms. The minimum Gasteiger partial charge on any atom is -0.398 e. The van der Waals surface area contributed by atoms with Crippen LogP contribution in [-0.4, -0.2) is 0 Å². The Balaban J connectivity index is 2.60. The van der Waals surface area contributed by atoms with Crippen molar-refractivity contribution < 1.29 is 0 Å². The molecule has 1 aliphatic carbocycles. The molecule has 0 fully saturated rings. The Labute approximate surface area is 78.9 Å². The number of rotatable bonds is 0. The second kappa shape index (κ2) is 3.04. The minimum absolute atomic E-state index is 0.156. The zero-order valence-corrected chi connectivity index (χ0v) is 8.01. The Bertz CT molecular complexity index is 331. The molecule has 0 amide bonds. The predicted molar refractivity (Wildman–Crippen MR) is 55.5 cm³/mol. The van der Waals surface area contributed by atoms with E-state index in [1.807, 2.05) is 6.07 Å². The lowest BCUT2D eigenvalue weighted by molar-refractivity contribution is 0.570. The number of hydrogen-bond acceptors (Lipinski definition) is 2. The molecule has 0 bridgehead atoms. The monoisotopic (exact) mass is 176 g/mol. The third-order valence-corrected chi connectivity index (χ3v) is 2.94. The van der Waals surface area contributed by atoms with Crippen LogP contribution in [0.2, 0.25) is 0 Å². The van der Waals surface area contributed by atoms with Crippen molar-refractivity contribution in [3.8, 4) is 0 Å². The molecule has 1 atom stereocenters. The van der Waals surface area contributed by atoms with Crippen LogP contribution in [0, 0.1) is 6.92 Å². The fraction of sp³-hybridized carbons (Fsp3) is 0.455. The van der Waals surface area contributed by atoms with E-state index in [2.05, 4.69) is 13.0 Å². The molecule has 0 aromatic heterocycles. The van der Waals surface area contributed by atoms with Gasteiger partial charge in [-0.2, -0.15) is 0 Å². The highest BCUT2D eigenvalue weighted by Crippen LogP contribution is 2.33. The molecular formula is C11H16N2. The van der Waals surface area contributed by atoms with E-state index in [0.717, 1.165) is 18.5 Å². The summed E-state index contributed by atoms with van der Waals surface area (Å²) in [5, 5.41) is 0. The lowest BCUT2D eigenvalue weighted by Crippen LogP contribution is -2.20. The fourth-order valence-electron chi connectivity index (χ4n) is 2.20. The maximum absolute atomic E-state index is 6.04. The zero-order chi connectivity index (χ0) is 9.42. The molecular weight excluding hydrogens is 160 g/mol. The van der Waals surface area contributed by atoms with E-state index in [4.69, 9.17) is 11.5 Å². The molecule has 4 N–H and O–H groups in total. The van der Waals surface area contributed by atoms with Crippen molar-refractivity contribution >= 4 is 5.69 Å². The molecule has 0 heterocycles. The Kier molecular flexibility index (Phi) is 2.00. The van der Waals surface area contributed by atoms with E-state index in [0.29, 0.717) is 0 Å². The van der Waals surface area contributed by atoms with E-state index in [1.165, 1.54) is 23.1 Å². The predicted octanol–water partition coefficient (Wildman–Crippen LogP) is 1.91. The first-order chi connectivity index (χ1) is 6.20. The summed E-state index contributed by atoms with van der Waals surface area (Å²) in [6, 6.07) is 4.22. The number of nitrogen functional groups attached to an aromatic ring is 1. The molecule has 0 spiro atoms. The second-order valence-corrected chi connectivity index (χ2v) is 3.86. The summed E-state index contributed by atoms with van der Waals surface area (Å²) in [6.07, 6.45) is 3.40. The highest BCUT2D eigenvalue weighted by molar-refractivity contribution is 5.56. The van der Waals surface area contributed by atoms with Crippen molar-refractivity contribution in [2.75, 3.05) is 5.73 Å². The number of anilines is 1. The summed E-state index contributed by atoms with van der Waals surface area (Å²) >= 11 is 0. The standard InChI is InChI=1S/C11H16N2/c1-7-5-6-10(13)11-8(7)3-2-4-9(11)12/h5-6,9H,2-4,12-13H2,1H3/t9-/m1/s1. The van der Waals surface area contributed by atoms with Gasteiger partial charge in [-0.1, -0.05) is 6.07 Å². The summed E-state index contributed by atoms with van der Waals surface area (Å²) in [6.45, 7) is 2.14. The van der Waals surface area contributed by atoms with Crippen molar-refractivity contribution in [1.82, 2.24) is 0 Å². The Hall–Kier alpha value is -1.02. The number of nitrogens with two attached hydrogens (primary N) is 2. The van der Waals surface area contributed by atoms with Gasteiger partial charge in [-0.05, 0) is 48.9 Å². The number of benzene rings is 1. The van der Waals surface area contributed by atoms with Crippen LogP contribution in [0.4, 0.5) is 5.69 Å². The van der Waals surface area contributed by atoms with Crippen LogP contribution in [0.5, 0.6) is 0 Å². The van der Waals surface area contributed by atoms with E-state index in [9.17, 15) is 0 Å². The van der Waals surface area contributed by atoms with Gasteiger partial charge in [-0.3, -0.25) is 0 Å². The van der Waals surface area contributed by atoms with E-state index in [1.54, 1.807) is 0 Å². The van der Waals surface area contributed by atoms with Crippen LogP contribution in [0.1, 0.15) is 35.6 Å². The van der Waals surface area contributed by atoms with Gasteiger partial charge >= 0.3 is 0 Å². The van der Waals surface area contributed by atoms with Gasteiger partial charge in [0.15, 0.2) is 0 Å². The first-order valence-electron chi connectivity index (χ1n) is 4.83. The number of hydrogen-bond donors (Lipinski definition) is 2. The normalized spacial score (nSPS) is 21.2. The average molecular weight is 176 g/mol. The molecule has 0 radical (unpaired) electrons. The second-order valence-electron chi connectivity index (χ2n) is 3.86. The zero-order valence-electron chi connectivity index (χ0n) is 8.01. The van der Waals surface area contributed by atoms with Gasteiger partial charge in [0.25, 0.3) is 0 Å². The lowest BCUT2D eigenvalue weighted by Gasteiger charge is -2.25. The SMILES string of the molecule is Cc1ccc(N)c2c1CCC[C@H]2N. The Morgan fingerprint density at radius 1 is 1.38 bits per heavy atom. The topological polar surface area (TPSA) is 52.0 Å². The maximum Gasteiger partial charge on any atom is 0.0365 e. The van der Waals surface area contributed by atoms with Crippen LogP contribution in [0.3, 0.4) is 0 Å². The van der Waals surface area contributed by atoms with Crippen molar-refractivity contribution in [2.24, 2.45) is 5.73 Å². The summed E-state index contributed by atoms with van der Waals surface area (Å²) in [4.78, 5) is 0. The van der Waals surface area contributed by atoms with Gasteiger partial charge in [0, 0.05) is 11.7 Å². The number of aryl methyl sites for hydroxylation is 1. The van der Waals surface area contributed by atoms with E-state index in [-0.39, 0.29) is 6.04 Å². The minimum atomic E-state index is 0.156. The van der Waals surface area contributed by atoms with Gasteiger partial charge in [0.05, 0.1) is 0 Å². The maximum atomic E-state index is 6.04. The Morgan fingerprint density at radius 3 is 2.85 bits per heavy atom. The van der Waals surface area contributed by atoms with Crippen molar-refractivity contribution in [3.05, 3.63) is 28.8 Å². The van der Waals surface area contributed by atoms with Crippen LogP contribution < -0.4 is 11.5 Å². The van der Waals surface area contributed by atoms with Crippen molar-refractivity contribution in [3.63, 3.8) is 0 Å². The Morgan fingerprint density at radius 2 is 2.15 bits per heavy atom. The molecule has 2 heteroatoms. The van der Waals surface area contributed by atoms with Crippen LogP contribution in [-0.2, 0) is 6.42 Å². The van der Waals surface area contributed by atoms with Crippen molar-refractivity contribution in [2.45, 2.75) is 32.2 Å². The van der Waals surface area contributed by atoms with Crippen LogP contribution in [0.25, 0.3) is 0 Å². The smallest absolute Gasteiger partial charge is 0.0365 e. The molecule has 0 saturated carbocycles. The third-order valence-electron chi connectivity index (χ3n) is 2.94. The summed E-state index contributed by atoms with van der Waals surface area (Å²) in [7, 11) is 0. The molecule has 0 saturated heterocycles. The molecule has 1 aromatic carbocycles. The molecule has 1 aliphatic rings. The van der Waals surface area contributed by atoms with Crippen LogP contribution >= 0.6 is 0 Å². The molecule has 70 valence electrons. The summed E-state index contributed by atoms with van der Waals surface area (Å²) < 4.78 is 0. The molecule has 1 aromatic rings. The highest BCUT2D eigenvalue weighted by atomic mass is 14.7. The average Bonchev–Trinajstić information content (AvgIpc) is 2.12. The molecule has 0 unspecified atom stereocenters. The van der Waals surface area contributed by atoms with Gasteiger partial charge in [0.2, 0.25) is 0 Å². The summed E-state index contributed by atoms with van der Waals surface area (Å²) in [5.74, 6) is 0. The van der Waals surface area contributed by atoms with Gasteiger partial charge in [0.1, 0.15) is 0 Å². The van der Waals surface area contributed by atoms with Crippen LogP contribution in [0.15, 0.2) is 12.1 Å². The van der Waals surface area contributed by atoms with Gasteiger partial charge < -0.3 is 11.5 Å². The molecule has 0 aliphatic heterocycles. The third kappa shape index (κ3) is 1.31. The fourth-order valence-corrected chi connectivity index (χ4v) is 2.20. The number of fused-ring (bicyclic) bond motifs is 1. The lowest BCUT2D eigenvalue weighted by atomic mass is 9.84. The first-order valence-corrected chi connectivity index (χ1v) is 4.83. The molecule has 2 rings (SSSR count). The quantitative estimate of drug-likeness (QED) is 0.593. The van der Waals surface area contributed by atoms with E-state index >= 15 is 0 Å². The first kappa shape index (κ1) is 8.57. The van der Waals surface area contributed by atoms with Crippen molar-refractivity contribution in [1.29, 1.82) is 0 Å². The van der Waals surface area contributed by atoms with Gasteiger partial charge in [-0.25, -0.2) is 0 Å². The van der Waals surface area contributed by atoms with E-state index < -0.39 is 0 Å². The summed E-state index contributed by atoms with van der Waals surface area (Å²) in [5.41, 5.74) is 16.7. The highest BCUT2D eigenvalue weighted by Gasteiger charge is 2.20. The van der Waals surface area contributed by atoms with Gasteiger partial charge in [-0.15, -0.1) is 0 Å². The molecule has 2 nitrogen and oxygen atoms in total.